The second-order valence-corrected chi connectivity index (χ2v) is 3.85. The van der Waals surface area contributed by atoms with Gasteiger partial charge in [-0.15, -0.1) is 0 Å². The lowest BCUT2D eigenvalue weighted by molar-refractivity contribution is -0.385. The van der Waals surface area contributed by atoms with E-state index in [0.29, 0.717) is 23.4 Å². The van der Waals surface area contributed by atoms with E-state index in [0.717, 1.165) is 0 Å². The van der Waals surface area contributed by atoms with Crippen LogP contribution < -0.4 is 0 Å². The van der Waals surface area contributed by atoms with Crippen LogP contribution in [-0.2, 0) is 6.42 Å². The van der Waals surface area contributed by atoms with Gasteiger partial charge in [-0.1, -0.05) is 11.6 Å². The third-order valence-corrected chi connectivity index (χ3v) is 2.30. The van der Waals surface area contributed by atoms with Gasteiger partial charge in [0.1, 0.15) is 0 Å². The molecule has 0 amide bonds. The SMILES string of the molecule is C[C@H](O)CCc1cc(Cl)ccc1[N+](=O)[O-]. The first-order valence-electron chi connectivity index (χ1n) is 4.61. The van der Waals surface area contributed by atoms with Crippen LogP contribution in [0.1, 0.15) is 18.9 Å². The van der Waals surface area contributed by atoms with Crippen LogP contribution in [0.15, 0.2) is 18.2 Å². The monoisotopic (exact) mass is 229 g/mol. The lowest BCUT2D eigenvalue weighted by atomic mass is 10.1. The lowest BCUT2D eigenvalue weighted by Crippen LogP contribution is -2.03. The summed E-state index contributed by atoms with van der Waals surface area (Å²) in [6, 6.07) is 4.45. The summed E-state index contributed by atoms with van der Waals surface area (Å²) in [5.74, 6) is 0. The summed E-state index contributed by atoms with van der Waals surface area (Å²) in [6.07, 6.45) is 0.471. The largest absolute Gasteiger partial charge is 0.393 e. The quantitative estimate of drug-likeness (QED) is 0.638. The Morgan fingerprint density at radius 3 is 2.80 bits per heavy atom. The van der Waals surface area contributed by atoms with Gasteiger partial charge in [-0.3, -0.25) is 10.1 Å². The van der Waals surface area contributed by atoms with E-state index in [-0.39, 0.29) is 5.69 Å². The van der Waals surface area contributed by atoms with Crippen LogP contribution >= 0.6 is 11.6 Å². The molecule has 0 aromatic heterocycles. The molecule has 0 unspecified atom stereocenters. The molecule has 0 aliphatic heterocycles. The Balaban J connectivity index is 2.92. The molecule has 1 aromatic rings. The summed E-state index contributed by atoms with van der Waals surface area (Å²) < 4.78 is 0. The zero-order valence-corrected chi connectivity index (χ0v) is 9.07. The minimum absolute atomic E-state index is 0.0556. The number of aliphatic hydroxyl groups excluding tert-OH is 1. The summed E-state index contributed by atoms with van der Waals surface area (Å²) in [7, 11) is 0. The number of hydrogen-bond acceptors (Lipinski definition) is 3. The second kappa shape index (κ2) is 5.09. The van der Waals surface area contributed by atoms with Crippen molar-refractivity contribution < 1.29 is 10.0 Å². The summed E-state index contributed by atoms with van der Waals surface area (Å²) >= 11 is 5.75. The smallest absolute Gasteiger partial charge is 0.272 e. The van der Waals surface area contributed by atoms with Gasteiger partial charge in [0, 0.05) is 16.7 Å². The Kier molecular flexibility index (Phi) is 4.05. The van der Waals surface area contributed by atoms with Crippen molar-refractivity contribution in [2.24, 2.45) is 0 Å². The van der Waals surface area contributed by atoms with E-state index < -0.39 is 11.0 Å². The molecule has 0 aliphatic rings. The highest BCUT2D eigenvalue weighted by Gasteiger charge is 2.13. The molecule has 15 heavy (non-hydrogen) atoms. The van der Waals surface area contributed by atoms with Crippen molar-refractivity contribution in [3.8, 4) is 0 Å². The van der Waals surface area contributed by atoms with E-state index in [4.69, 9.17) is 16.7 Å². The van der Waals surface area contributed by atoms with Gasteiger partial charge in [-0.2, -0.15) is 0 Å². The van der Waals surface area contributed by atoms with Gasteiger partial charge in [0.15, 0.2) is 0 Å². The molecule has 0 bridgehead atoms. The fourth-order valence-electron chi connectivity index (χ4n) is 1.30. The van der Waals surface area contributed by atoms with Gasteiger partial charge in [0.25, 0.3) is 5.69 Å². The number of nitro benzene ring substituents is 1. The lowest BCUT2D eigenvalue weighted by Gasteiger charge is -2.05. The predicted octanol–water partition coefficient (Wildman–Crippen LogP) is 2.56. The molecule has 1 N–H and O–H groups in total. The van der Waals surface area contributed by atoms with Crippen LogP contribution in [0.2, 0.25) is 5.02 Å². The first kappa shape index (κ1) is 11.9. The van der Waals surface area contributed by atoms with Crippen molar-refractivity contribution in [3.63, 3.8) is 0 Å². The number of rotatable bonds is 4. The Bertz CT molecular complexity index is 366. The number of nitrogens with zero attached hydrogens (tertiary/aromatic N) is 1. The number of nitro groups is 1. The van der Waals surface area contributed by atoms with Gasteiger partial charge in [-0.05, 0) is 31.9 Å². The molecular weight excluding hydrogens is 218 g/mol. The van der Waals surface area contributed by atoms with Gasteiger partial charge < -0.3 is 5.11 Å². The third kappa shape index (κ3) is 3.49. The van der Waals surface area contributed by atoms with Gasteiger partial charge >= 0.3 is 0 Å². The fourth-order valence-corrected chi connectivity index (χ4v) is 1.49. The maximum Gasteiger partial charge on any atom is 0.272 e. The molecule has 0 fully saturated rings. The maximum absolute atomic E-state index is 10.7. The van der Waals surface area contributed by atoms with E-state index >= 15 is 0 Å². The minimum atomic E-state index is -0.469. The first-order chi connectivity index (χ1) is 7.00. The average Bonchev–Trinajstić information content (AvgIpc) is 2.14. The predicted molar refractivity (Wildman–Crippen MR) is 58.1 cm³/mol. The Hall–Kier alpha value is -1.13. The highest BCUT2D eigenvalue weighted by Crippen LogP contribution is 2.24. The van der Waals surface area contributed by atoms with Gasteiger partial charge in [-0.25, -0.2) is 0 Å². The molecule has 0 saturated carbocycles. The molecular formula is C10H12ClNO3. The molecule has 0 saturated heterocycles. The van der Waals surface area contributed by atoms with E-state index in [1.165, 1.54) is 12.1 Å². The van der Waals surface area contributed by atoms with Crippen LogP contribution in [0.3, 0.4) is 0 Å². The van der Waals surface area contributed by atoms with Crippen LogP contribution in [0.5, 0.6) is 0 Å². The molecule has 1 atom stereocenters. The molecule has 5 heteroatoms. The van der Waals surface area contributed by atoms with Crippen molar-refractivity contribution in [3.05, 3.63) is 38.9 Å². The summed E-state index contributed by atoms with van der Waals surface area (Å²) in [6.45, 7) is 1.65. The molecule has 0 spiro atoms. The van der Waals surface area contributed by atoms with Crippen molar-refractivity contribution in [2.45, 2.75) is 25.9 Å². The number of hydrogen-bond donors (Lipinski definition) is 1. The van der Waals surface area contributed by atoms with E-state index in [1.807, 2.05) is 0 Å². The van der Waals surface area contributed by atoms with E-state index in [9.17, 15) is 10.1 Å². The summed E-state index contributed by atoms with van der Waals surface area (Å²) in [5, 5.41) is 20.3. The zero-order chi connectivity index (χ0) is 11.4. The molecule has 1 aromatic carbocycles. The van der Waals surface area contributed by atoms with Crippen LogP contribution in [0, 0.1) is 10.1 Å². The number of aliphatic hydroxyl groups is 1. The van der Waals surface area contributed by atoms with E-state index in [1.54, 1.807) is 13.0 Å². The van der Waals surface area contributed by atoms with Crippen molar-refractivity contribution in [2.75, 3.05) is 0 Å². The number of benzene rings is 1. The zero-order valence-electron chi connectivity index (χ0n) is 8.31. The fraction of sp³-hybridized carbons (Fsp3) is 0.400. The Labute approximate surface area is 92.6 Å². The maximum atomic E-state index is 10.7. The second-order valence-electron chi connectivity index (χ2n) is 3.42. The standard InChI is InChI=1S/C10H12ClNO3/c1-7(13)2-3-8-6-9(11)4-5-10(8)12(14)15/h4-7,13H,2-3H2,1H3/t7-/m0/s1. The summed E-state index contributed by atoms with van der Waals surface area (Å²) in [4.78, 5) is 10.2. The Morgan fingerprint density at radius 1 is 1.60 bits per heavy atom. The van der Waals surface area contributed by atoms with Crippen molar-refractivity contribution >= 4 is 17.3 Å². The molecule has 82 valence electrons. The highest BCUT2D eigenvalue weighted by atomic mass is 35.5. The topological polar surface area (TPSA) is 63.4 Å². The van der Waals surface area contributed by atoms with Crippen LogP contribution in [0.4, 0.5) is 5.69 Å². The number of aryl methyl sites for hydroxylation is 1. The first-order valence-corrected chi connectivity index (χ1v) is 4.99. The third-order valence-electron chi connectivity index (χ3n) is 2.07. The normalized spacial score (nSPS) is 12.5. The average molecular weight is 230 g/mol. The number of halogens is 1. The molecule has 4 nitrogen and oxygen atoms in total. The Morgan fingerprint density at radius 2 is 2.27 bits per heavy atom. The summed E-state index contributed by atoms with van der Waals surface area (Å²) in [5.41, 5.74) is 0.619. The van der Waals surface area contributed by atoms with Crippen molar-refractivity contribution in [1.82, 2.24) is 0 Å². The highest BCUT2D eigenvalue weighted by molar-refractivity contribution is 6.30. The molecule has 0 radical (unpaired) electrons. The van der Waals surface area contributed by atoms with Gasteiger partial charge in [0.2, 0.25) is 0 Å². The van der Waals surface area contributed by atoms with Crippen LogP contribution in [0.25, 0.3) is 0 Å². The van der Waals surface area contributed by atoms with E-state index in [2.05, 4.69) is 0 Å². The van der Waals surface area contributed by atoms with Crippen LogP contribution in [-0.4, -0.2) is 16.1 Å². The molecule has 0 heterocycles. The molecule has 1 rings (SSSR count). The van der Waals surface area contributed by atoms with Crippen molar-refractivity contribution in [1.29, 1.82) is 0 Å². The molecule has 0 aliphatic carbocycles. The minimum Gasteiger partial charge on any atom is -0.393 e. The van der Waals surface area contributed by atoms with Gasteiger partial charge in [0.05, 0.1) is 11.0 Å².